The van der Waals surface area contributed by atoms with Crippen LogP contribution in [-0.4, -0.2) is 21.2 Å². The van der Waals surface area contributed by atoms with Gasteiger partial charge in [-0.15, -0.1) is 0 Å². The molecule has 178 valence electrons. The molecule has 3 aromatic carbocycles. The molecule has 0 radical (unpaired) electrons. The summed E-state index contributed by atoms with van der Waals surface area (Å²) in [6, 6.07) is 21.7. The van der Waals surface area contributed by atoms with Crippen molar-refractivity contribution < 1.29 is 14.0 Å². The van der Waals surface area contributed by atoms with E-state index in [1.165, 1.54) is 16.8 Å². The van der Waals surface area contributed by atoms with Crippen LogP contribution in [0, 0.1) is 12.7 Å². The summed E-state index contributed by atoms with van der Waals surface area (Å²) in [5.41, 5.74) is 2.77. The summed E-state index contributed by atoms with van der Waals surface area (Å²) in [7, 11) is 1.75. The fraction of sp³-hybridized carbons (Fsp3) is 0.148. The molecule has 2 amide bonds. The molecule has 0 unspecified atom stereocenters. The summed E-state index contributed by atoms with van der Waals surface area (Å²) in [4.78, 5) is 38.3. The summed E-state index contributed by atoms with van der Waals surface area (Å²) < 4.78 is 16.2. The minimum absolute atomic E-state index is 0.190. The van der Waals surface area contributed by atoms with E-state index in [9.17, 15) is 18.8 Å². The summed E-state index contributed by atoms with van der Waals surface area (Å²) in [6.07, 6.45) is 0.678. The van der Waals surface area contributed by atoms with Crippen LogP contribution in [0.2, 0.25) is 0 Å². The van der Waals surface area contributed by atoms with Crippen LogP contribution in [0.3, 0.4) is 0 Å². The minimum atomic E-state index is -0.460. The zero-order chi connectivity index (χ0) is 24.9. The van der Waals surface area contributed by atoms with Gasteiger partial charge in [0, 0.05) is 24.7 Å². The molecule has 2 N–H and O–H groups in total. The van der Waals surface area contributed by atoms with Gasteiger partial charge in [0.15, 0.2) is 0 Å². The highest BCUT2D eigenvalue weighted by Crippen LogP contribution is 2.17. The molecule has 4 aromatic rings. The molecule has 7 nitrogen and oxygen atoms in total. The summed E-state index contributed by atoms with van der Waals surface area (Å²) in [5, 5.41) is 5.50. The van der Waals surface area contributed by atoms with E-state index in [-0.39, 0.29) is 29.4 Å². The van der Waals surface area contributed by atoms with Crippen molar-refractivity contribution in [3.05, 3.63) is 112 Å². The number of carbonyl (C=O) groups excluding carboxylic acids is 2. The van der Waals surface area contributed by atoms with E-state index in [2.05, 4.69) is 10.6 Å². The zero-order valence-electron chi connectivity index (χ0n) is 19.4. The molecule has 35 heavy (non-hydrogen) atoms. The van der Waals surface area contributed by atoms with Crippen LogP contribution in [0.25, 0.3) is 5.69 Å². The Morgan fingerprint density at radius 3 is 2.34 bits per heavy atom. The van der Waals surface area contributed by atoms with Crippen molar-refractivity contribution in [2.75, 3.05) is 10.6 Å². The molecule has 0 saturated heterocycles. The van der Waals surface area contributed by atoms with Crippen molar-refractivity contribution in [3.8, 4) is 5.69 Å². The largest absolute Gasteiger partial charge is 0.326 e. The lowest BCUT2D eigenvalue weighted by atomic mass is 10.1. The highest BCUT2D eigenvalue weighted by Gasteiger charge is 2.19. The topological polar surface area (TPSA) is 85.1 Å². The van der Waals surface area contributed by atoms with E-state index >= 15 is 0 Å². The fourth-order valence-corrected chi connectivity index (χ4v) is 3.77. The molecule has 0 aliphatic rings. The van der Waals surface area contributed by atoms with Crippen molar-refractivity contribution in [2.24, 2.45) is 7.05 Å². The van der Waals surface area contributed by atoms with Gasteiger partial charge in [0.2, 0.25) is 5.91 Å². The number of aryl methyl sites for hydroxylation is 1. The number of amides is 2. The first-order valence-electron chi connectivity index (χ1n) is 11.1. The number of benzene rings is 3. The van der Waals surface area contributed by atoms with Crippen LogP contribution < -0.4 is 16.2 Å². The molecule has 1 heterocycles. The maximum Gasteiger partial charge on any atom is 0.295 e. The highest BCUT2D eigenvalue weighted by molar-refractivity contribution is 6.05. The lowest BCUT2D eigenvalue weighted by Gasteiger charge is -2.08. The van der Waals surface area contributed by atoms with Crippen LogP contribution in [0.1, 0.15) is 28.0 Å². The third-order valence-electron chi connectivity index (χ3n) is 5.76. The standard InChI is InChI=1S/C27H25FN4O3/c1-18-25(27(35)32(31(18)2)23-9-4-3-5-10-23)30-26(34)20-7-6-8-22(17-20)29-24(33)16-13-19-11-14-21(28)15-12-19/h3-12,14-15,17H,13,16H2,1-2H3,(H,29,33)(H,30,34). The highest BCUT2D eigenvalue weighted by atomic mass is 19.1. The Bertz CT molecular complexity index is 1420. The molecule has 0 spiro atoms. The molecule has 1 aromatic heterocycles. The first kappa shape index (κ1) is 23.7. The van der Waals surface area contributed by atoms with Crippen LogP contribution in [0.5, 0.6) is 0 Å². The number of hydrogen-bond donors (Lipinski definition) is 2. The van der Waals surface area contributed by atoms with Crippen LogP contribution in [-0.2, 0) is 18.3 Å². The quantitative estimate of drug-likeness (QED) is 0.417. The van der Waals surface area contributed by atoms with Crippen LogP contribution in [0.15, 0.2) is 83.7 Å². The molecule has 0 fully saturated rings. The Morgan fingerprint density at radius 1 is 0.914 bits per heavy atom. The van der Waals surface area contributed by atoms with Crippen LogP contribution in [0.4, 0.5) is 15.8 Å². The Morgan fingerprint density at radius 2 is 1.63 bits per heavy atom. The van der Waals surface area contributed by atoms with E-state index in [1.54, 1.807) is 55.1 Å². The van der Waals surface area contributed by atoms with Crippen molar-refractivity contribution in [2.45, 2.75) is 19.8 Å². The smallest absolute Gasteiger partial charge is 0.295 e. The molecule has 8 heteroatoms. The Kier molecular flexibility index (Phi) is 6.91. The van der Waals surface area contributed by atoms with Gasteiger partial charge in [-0.1, -0.05) is 36.4 Å². The van der Waals surface area contributed by atoms with E-state index in [0.29, 0.717) is 29.1 Å². The number of anilines is 2. The second-order valence-electron chi connectivity index (χ2n) is 8.15. The number of nitrogens with zero attached hydrogens (tertiary/aromatic N) is 2. The molecule has 0 atom stereocenters. The van der Waals surface area contributed by atoms with E-state index < -0.39 is 5.91 Å². The first-order valence-corrected chi connectivity index (χ1v) is 11.1. The van der Waals surface area contributed by atoms with Gasteiger partial charge in [0.25, 0.3) is 11.5 Å². The van der Waals surface area contributed by atoms with Gasteiger partial charge >= 0.3 is 0 Å². The number of halogens is 1. The number of aromatic nitrogens is 2. The van der Waals surface area contributed by atoms with Gasteiger partial charge in [-0.25, -0.2) is 9.07 Å². The monoisotopic (exact) mass is 472 g/mol. The number of rotatable bonds is 7. The van der Waals surface area contributed by atoms with E-state index in [1.807, 2.05) is 30.3 Å². The lowest BCUT2D eigenvalue weighted by molar-refractivity contribution is -0.116. The number of nitrogens with one attached hydrogen (secondary N) is 2. The average molecular weight is 473 g/mol. The summed E-state index contributed by atoms with van der Waals surface area (Å²) in [5.74, 6) is -1.01. The SMILES string of the molecule is Cc1c(NC(=O)c2cccc(NC(=O)CCc3ccc(F)cc3)c2)c(=O)n(-c2ccccc2)n1C. The molecule has 0 bridgehead atoms. The predicted octanol–water partition coefficient (Wildman–Crippen LogP) is 4.45. The third kappa shape index (κ3) is 5.38. The number of para-hydroxylation sites is 1. The van der Waals surface area contributed by atoms with Crippen LogP contribution >= 0.6 is 0 Å². The normalized spacial score (nSPS) is 10.7. The Labute approximate surface area is 201 Å². The first-order chi connectivity index (χ1) is 16.8. The van der Waals surface area contributed by atoms with Gasteiger partial charge < -0.3 is 10.6 Å². The molecular weight excluding hydrogens is 447 g/mol. The van der Waals surface area contributed by atoms with E-state index in [0.717, 1.165) is 5.56 Å². The van der Waals surface area contributed by atoms with Crippen molar-refractivity contribution in [1.29, 1.82) is 0 Å². The Hall–Kier alpha value is -4.46. The number of carbonyl (C=O) groups is 2. The van der Waals surface area contributed by atoms with Gasteiger partial charge in [-0.3, -0.25) is 19.1 Å². The number of hydrogen-bond acceptors (Lipinski definition) is 3. The average Bonchev–Trinajstić information content (AvgIpc) is 3.07. The molecule has 0 aliphatic carbocycles. The summed E-state index contributed by atoms with van der Waals surface area (Å²) in [6.45, 7) is 1.76. The maximum atomic E-state index is 13.0. The van der Waals surface area contributed by atoms with Gasteiger partial charge in [0.1, 0.15) is 11.5 Å². The third-order valence-corrected chi connectivity index (χ3v) is 5.76. The molecule has 4 rings (SSSR count). The predicted molar refractivity (Wildman–Crippen MR) is 133 cm³/mol. The van der Waals surface area contributed by atoms with Gasteiger partial charge in [0.05, 0.1) is 11.4 Å². The lowest BCUT2D eigenvalue weighted by Crippen LogP contribution is -2.23. The Balaban J connectivity index is 1.45. The van der Waals surface area contributed by atoms with Gasteiger partial charge in [-0.2, -0.15) is 0 Å². The zero-order valence-corrected chi connectivity index (χ0v) is 19.4. The fourth-order valence-electron chi connectivity index (χ4n) is 3.77. The molecular formula is C27H25FN4O3. The molecule has 0 saturated carbocycles. The van der Waals surface area contributed by atoms with E-state index in [4.69, 9.17) is 0 Å². The van der Waals surface area contributed by atoms with Crippen molar-refractivity contribution >= 4 is 23.2 Å². The van der Waals surface area contributed by atoms with Crippen molar-refractivity contribution in [1.82, 2.24) is 9.36 Å². The minimum Gasteiger partial charge on any atom is -0.326 e. The molecule has 0 aliphatic heterocycles. The van der Waals surface area contributed by atoms with Gasteiger partial charge in [-0.05, 0) is 61.4 Å². The maximum absolute atomic E-state index is 13.0. The second-order valence-corrected chi connectivity index (χ2v) is 8.15. The van der Waals surface area contributed by atoms with Crippen molar-refractivity contribution in [3.63, 3.8) is 0 Å². The second kappa shape index (κ2) is 10.2. The summed E-state index contributed by atoms with van der Waals surface area (Å²) >= 11 is 0.